The first kappa shape index (κ1) is 28.6. The minimum absolute atomic E-state index is 0. The third kappa shape index (κ3) is 7.14. The first-order valence-corrected chi connectivity index (χ1v) is 11.9. The topological polar surface area (TPSA) is 38.7 Å². The number of halogens is 3. The summed E-state index contributed by atoms with van der Waals surface area (Å²) in [7, 11) is 0. The Balaban J connectivity index is 0.000000223. The molecule has 0 saturated carbocycles. The van der Waals surface area contributed by atoms with E-state index in [0.717, 1.165) is 11.3 Å². The molecule has 0 N–H and O–H groups in total. The van der Waals surface area contributed by atoms with E-state index in [9.17, 15) is 13.2 Å². The van der Waals surface area contributed by atoms with Crippen LogP contribution in [-0.4, -0.2) is 15.0 Å². The van der Waals surface area contributed by atoms with E-state index in [1.165, 1.54) is 30.3 Å². The summed E-state index contributed by atoms with van der Waals surface area (Å²) in [4.78, 5) is 12.9. The van der Waals surface area contributed by atoms with Crippen molar-refractivity contribution < 1.29 is 33.3 Å². The maximum Gasteiger partial charge on any atom is 3.00 e. The molecule has 40 heavy (non-hydrogen) atoms. The van der Waals surface area contributed by atoms with Crippen LogP contribution < -0.4 is 0 Å². The van der Waals surface area contributed by atoms with Gasteiger partial charge in [0, 0.05) is 29.7 Å². The van der Waals surface area contributed by atoms with Gasteiger partial charge in [-0.15, -0.1) is 71.8 Å². The fraction of sp³-hybridized carbons (Fsp3) is 0. The van der Waals surface area contributed by atoms with Crippen molar-refractivity contribution in [2.45, 2.75) is 0 Å². The van der Waals surface area contributed by atoms with E-state index in [4.69, 9.17) is 0 Å². The largest absolute Gasteiger partial charge is 3.00 e. The second-order valence-corrected chi connectivity index (χ2v) is 8.27. The summed E-state index contributed by atoms with van der Waals surface area (Å²) >= 11 is 0. The molecule has 196 valence electrons. The second kappa shape index (κ2) is 13.6. The molecule has 7 heteroatoms. The second-order valence-electron chi connectivity index (χ2n) is 8.27. The van der Waals surface area contributed by atoms with Gasteiger partial charge in [0.25, 0.3) is 0 Å². The SMILES string of the molecule is Fc1c[c-]c(-c2cccc(-c3[c-]c(-c4ccccn4)ccc3F)n2)cc1.Fc1c[c-]c(-c2ccccn2)cc1.[Ir+3]. The molecule has 3 heterocycles. The Kier molecular flexibility index (Phi) is 9.68. The van der Waals surface area contributed by atoms with Crippen LogP contribution in [0.25, 0.3) is 45.0 Å². The van der Waals surface area contributed by atoms with Crippen LogP contribution in [-0.2, 0) is 20.1 Å². The van der Waals surface area contributed by atoms with Crippen LogP contribution in [0.4, 0.5) is 13.2 Å². The van der Waals surface area contributed by atoms with Crippen LogP contribution in [0.5, 0.6) is 0 Å². The molecule has 0 aliphatic rings. The maximum absolute atomic E-state index is 14.4. The van der Waals surface area contributed by atoms with Crippen molar-refractivity contribution in [3.8, 4) is 45.0 Å². The molecule has 3 aromatic heterocycles. The Hall–Kier alpha value is -4.45. The third-order valence-corrected chi connectivity index (χ3v) is 5.61. The predicted octanol–water partition coefficient (Wildman–Crippen LogP) is 8.04. The van der Waals surface area contributed by atoms with E-state index in [0.29, 0.717) is 28.2 Å². The molecule has 0 radical (unpaired) electrons. The molecule has 0 fully saturated rings. The summed E-state index contributed by atoms with van der Waals surface area (Å²) < 4.78 is 40.1. The number of nitrogens with zero attached hydrogens (tertiary/aromatic N) is 3. The van der Waals surface area contributed by atoms with Gasteiger partial charge < -0.3 is 9.97 Å². The van der Waals surface area contributed by atoms with Gasteiger partial charge in [0.1, 0.15) is 0 Å². The first-order valence-electron chi connectivity index (χ1n) is 11.9. The molecule has 3 aromatic carbocycles. The monoisotopic (exact) mass is 707 g/mol. The fourth-order valence-corrected chi connectivity index (χ4v) is 3.71. The molecule has 0 atom stereocenters. The Labute approximate surface area is 243 Å². The Morgan fingerprint density at radius 2 is 1.02 bits per heavy atom. The molecule has 0 aliphatic carbocycles. The number of hydrogen-bond donors (Lipinski definition) is 0. The van der Waals surface area contributed by atoms with Gasteiger partial charge in [-0.05, 0) is 29.2 Å². The van der Waals surface area contributed by atoms with E-state index < -0.39 is 5.82 Å². The van der Waals surface area contributed by atoms with Crippen LogP contribution >= 0.6 is 0 Å². The molecule has 0 aliphatic heterocycles. The van der Waals surface area contributed by atoms with Gasteiger partial charge in [0.15, 0.2) is 0 Å². The standard InChI is InChI=1S/C22H12F2N2.C11H7FN.Ir/c23-17-10-7-15(8-11-17)21-5-3-6-22(26-21)18-14-16(9-12-19(18)24)20-4-1-2-13-25-20;12-10-6-4-9(5-7-10)11-3-1-2-8-13-11;/h1-7,9-13H;1-4,6-8H;/q-2;-1;+3. The summed E-state index contributed by atoms with van der Waals surface area (Å²) in [6.07, 6.45) is 3.38. The Morgan fingerprint density at radius 3 is 1.57 bits per heavy atom. The van der Waals surface area contributed by atoms with Crippen LogP contribution in [0.2, 0.25) is 0 Å². The predicted molar refractivity (Wildman–Crippen MR) is 144 cm³/mol. The molecule has 0 saturated heterocycles. The van der Waals surface area contributed by atoms with Crippen molar-refractivity contribution in [2.24, 2.45) is 0 Å². The van der Waals surface area contributed by atoms with E-state index in [1.54, 1.807) is 48.8 Å². The van der Waals surface area contributed by atoms with Gasteiger partial charge in [-0.3, -0.25) is 18.2 Å². The van der Waals surface area contributed by atoms with Crippen molar-refractivity contribution in [3.63, 3.8) is 0 Å². The van der Waals surface area contributed by atoms with E-state index in [-0.39, 0.29) is 37.3 Å². The minimum atomic E-state index is -0.419. The average Bonchev–Trinajstić information content (AvgIpc) is 2.99. The summed E-state index contributed by atoms with van der Waals surface area (Å²) in [5, 5.41) is 0. The zero-order valence-corrected chi connectivity index (χ0v) is 23.2. The van der Waals surface area contributed by atoms with E-state index in [2.05, 4.69) is 33.2 Å². The van der Waals surface area contributed by atoms with Crippen molar-refractivity contribution in [2.75, 3.05) is 0 Å². The van der Waals surface area contributed by atoms with Gasteiger partial charge in [0.2, 0.25) is 0 Å². The fourth-order valence-electron chi connectivity index (χ4n) is 3.71. The molecule has 3 nitrogen and oxygen atoms in total. The third-order valence-electron chi connectivity index (χ3n) is 5.61. The number of hydrogen-bond acceptors (Lipinski definition) is 3. The number of aromatic nitrogens is 3. The van der Waals surface area contributed by atoms with Crippen LogP contribution in [0.1, 0.15) is 0 Å². The molecule has 0 amide bonds. The Bertz CT molecular complexity index is 1660. The number of rotatable bonds is 4. The van der Waals surface area contributed by atoms with Crippen LogP contribution in [0.15, 0.2) is 116 Å². The number of pyridine rings is 3. The van der Waals surface area contributed by atoms with Gasteiger partial charge in [-0.2, -0.15) is 0 Å². The quantitative estimate of drug-likeness (QED) is 0.174. The normalized spacial score (nSPS) is 10.2. The summed E-state index contributed by atoms with van der Waals surface area (Å²) in [6.45, 7) is 0. The zero-order chi connectivity index (χ0) is 27.0. The van der Waals surface area contributed by atoms with Gasteiger partial charge in [-0.1, -0.05) is 59.7 Å². The molecular formula is C33H19F3IrN3. The van der Waals surface area contributed by atoms with Crippen molar-refractivity contribution in [1.29, 1.82) is 0 Å². The molecule has 6 rings (SSSR count). The van der Waals surface area contributed by atoms with Crippen LogP contribution in [0, 0.1) is 35.7 Å². The van der Waals surface area contributed by atoms with Gasteiger partial charge in [0.05, 0.1) is 5.82 Å². The molecule has 0 spiro atoms. The van der Waals surface area contributed by atoms with Gasteiger partial charge >= 0.3 is 20.1 Å². The minimum Gasteiger partial charge on any atom is -0.335 e. The first-order chi connectivity index (χ1) is 19.1. The molecule has 6 aromatic rings. The summed E-state index contributed by atoms with van der Waals surface area (Å²) in [5.74, 6) is -1.07. The molecule has 0 bridgehead atoms. The van der Waals surface area contributed by atoms with Crippen molar-refractivity contribution in [1.82, 2.24) is 15.0 Å². The maximum atomic E-state index is 14.4. The van der Waals surface area contributed by atoms with Crippen molar-refractivity contribution in [3.05, 3.63) is 151 Å². The number of benzene rings is 3. The summed E-state index contributed by atoms with van der Waals surface area (Å²) in [5.41, 5.74) is 4.92. The van der Waals surface area contributed by atoms with Crippen molar-refractivity contribution >= 4 is 0 Å². The Morgan fingerprint density at radius 1 is 0.500 bits per heavy atom. The van der Waals surface area contributed by atoms with Crippen LogP contribution in [0.3, 0.4) is 0 Å². The van der Waals surface area contributed by atoms with Gasteiger partial charge in [-0.25, -0.2) is 0 Å². The average molecular weight is 707 g/mol. The smallest absolute Gasteiger partial charge is 0.335 e. The van der Waals surface area contributed by atoms with E-state index in [1.807, 2.05) is 36.4 Å². The molecule has 0 unspecified atom stereocenters. The summed E-state index contributed by atoms with van der Waals surface area (Å²) in [6, 6.07) is 36.7. The zero-order valence-electron chi connectivity index (χ0n) is 20.8. The molecular weight excluding hydrogens is 688 g/mol. The van der Waals surface area contributed by atoms with E-state index >= 15 is 0 Å².